The highest BCUT2D eigenvalue weighted by Crippen LogP contribution is 2.39. The molecule has 0 aliphatic carbocycles. The molecule has 1 atom stereocenters. The molecule has 0 saturated carbocycles. The zero-order valence-electron chi connectivity index (χ0n) is 21.7. The summed E-state index contributed by atoms with van der Waals surface area (Å²) in [5, 5.41) is 4.38. The smallest absolute Gasteiger partial charge is 0.261 e. The Kier molecular flexibility index (Phi) is 7.25. The van der Waals surface area contributed by atoms with Gasteiger partial charge in [-0.1, -0.05) is 48.5 Å². The molecule has 10 heteroatoms. The number of carbonyl (C=O) groups is 2. The third kappa shape index (κ3) is 5.70. The number of benzene rings is 4. The summed E-state index contributed by atoms with van der Waals surface area (Å²) in [5.74, 6) is 0.807. The van der Waals surface area contributed by atoms with Gasteiger partial charge in [0.25, 0.3) is 15.9 Å². The van der Waals surface area contributed by atoms with Crippen molar-refractivity contribution in [3.05, 3.63) is 126 Å². The predicted octanol–water partition coefficient (Wildman–Crippen LogP) is 6.26. The number of hydrogen-bond donors (Lipinski definition) is 2. The van der Waals surface area contributed by atoms with Crippen molar-refractivity contribution in [2.24, 2.45) is 0 Å². The van der Waals surface area contributed by atoms with Crippen LogP contribution in [0.2, 0.25) is 0 Å². The van der Waals surface area contributed by atoms with Gasteiger partial charge in [-0.2, -0.15) is 0 Å². The second-order valence-electron chi connectivity index (χ2n) is 9.50. The second-order valence-corrected chi connectivity index (χ2v) is 12.2. The summed E-state index contributed by atoms with van der Waals surface area (Å²) < 4.78 is 34.2. The number of hydrogen-bond acceptors (Lipinski definition) is 6. The van der Waals surface area contributed by atoms with Crippen molar-refractivity contribution < 1.29 is 22.4 Å². The molecule has 1 saturated heterocycles. The third-order valence-electron chi connectivity index (χ3n) is 6.79. The fourth-order valence-electron chi connectivity index (χ4n) is 4.71. The van der Waals surface area contributed by atoms with Gasteiger partial charge in [-0.25, -0.2) is 8.42 Å². The number of anilines is 2. The van der Waals surface area contributed by atoms with Crippen LogP contribution in [-0.4, -0.2) is 30.9 Å². The Hall–Kier alpha value is -4.54. The van der Waals surface area contributed by atoms with Gasteiger partial charge < -0.3 is 14.6 Å². The van der Waals surface area contributed by atoms with Crippen LogP contribution < -0.4 is 10.0 Å². The van der Waals surface area contributed by atoms with Crippen molar-refractivity contribution in [3.8, 4) is 0 Å². The van der Waals surface area contributed by atoms with Gasteiger partial charge in [0.2, 0.25) is 5.91 Å². The molecule has 206 valence electrons. The number of sulfonamides is 1. The highest BCUT2D eigenvalue weighted by atomic mass is 32.2. The Morgan fingerprint density at radius 3 is 2.41 bits per heavy atom. The first-order valence-electron chi connectivity index (χ1n) is 12.8. The molecule has 2 heterocycles. The van der Waals surface area contributed by atoms with E-state index in [1.807, 2.05) is 48.5 Å². The summed E-state index contributed by atoms with van der Waals surface area (Å²) in [7, 11) is -3.84. The van der Waals surface area contributed by atoms with E-state index in [2.05, 4.69) is 10.0 Å². The van der Waals surface area contributed by atoms with Crippen LogP contribution in [-0.2, 0) is 21.4 Å². The fraction of sp³-hybridized carbons (Fsp3) is 0.0968. The molecule has 0 radical (unpaired) electrons. The molecule has 8 nitrogen and oxygen atoms in total. The predicted molar refractivity (Wildman–Crippen MR) is 160 cm³/mol. The molecule has 1 aliphatic rings. The van der Waals surface area contributed by atoms with Crippen molar-refractivity contribution in [2.45, 2.75) is 16.8 Å². The van der Waals surface area contributed by atoms with Crippen molar-refractivity contribution in [1.29, 1.82) is 0 Å². The van der Waals surface area contributed by atoms with Crippen molar-refractivity contribution >= 4 is 55.7 Å². The largest absolute Gasteiger partial charge is 0.467 e. The molecule has 1 fully saturated rings. The van der Waals surface area contributed by atoms with E-state index in [9.17, 15) is 18.0 Å². The van der Waals surface area contributed by atoms with Crippen LogP contribution >= 0.6 is 11.8 Å². The summed E-state index contributed by atoms with van der Waals surface area (Å²) >= 11 is 1.53. The van der Waals surface area contributed by atoms with Gasteiger partial charge in [-0.3, -0.25) is 14.3 Å². The third-order valence-corrected chi connectivity index (χ3v) is 9.43. The maximum absolute atomic E-state index is 13.0. The zero-order chi connectivity index (χ0) is 28.4. The van der Waals surface area contributed by atoms with E-state index in [1.165, 1.54) is 23.9 Å². The number of rotatable bonds is 8. The monoisotopic (exact) mass is 583 g/mol. The number of fused-ring (bicyclic) bond motifs is 1. The van der Waals surface area contributed by atoms with Gasteiger partial charge in [0, 0.05) is 16.6 Å². The van der Waals surface area contributed by atoms with Gasteiger partial charge in [-0.05, 0) is 65.5 Å². The first-order valence-corrected chi connectivity index (χ1v) is 15.4. The highest BCUT2D eigenvalue weighted by Gasteiger charge is 2.33. The van der Waals surface area contributed by atoms with Crippen LogP contribution in [0.1, 0.15) is 27.1 Å². The number of amides is 2. The summed E-state index contributed by atoms with van der Waals surface area (Å²) in [6.45, 7) is 0.384. The van der Waals surface area contributed by atoms with Crippen LogP contribution in [0.3, 0.4) is 0 Å². The maximum Gasteiger partial charge on any atom is 0.261 e. The summed E-state index contributed by atoms with van der Waals surface area (Å²) in [6, 6.07) is 29.7. The van der Waals surface area contributed by atoms with E-state index in [1.54, 1.807) is 53.6 Å². The van der Waals surface area contributed by atoms with Crippen LogP contribution in [0.4, 0.5) is 11.4 Å². The molecule has 2 amide bonds. The molecule has 2 N–H and O–H groups in total. The molecular formula is C31H25N3O5S2. The van der Waals surface area contributed by atoms with Gasteiger partial charge in [-0.15, -0.1) is 11.8 Å². The van der Waals surface area contributed by atoms with Crippen LogP contribution in [0.5, 0.6) is 0 Å². The number of furan rings is 1. The lowest BCUT2D eigenvalue weighted by Gasteiger charge is -2.23. The summed E-state index contributed by atoms with van der Waals surface area (Å²) in [5.41, 5.74) is 2.31. The van der Waals surface area contributed by atoms with Gasteiger partial charge in [0.1, 0.15) is 11.1 Å². The molecule has 41 heavy (non-hydrogen) atoms. The molecular weight excluding hydrogens is 558 g/mol. The van der Waals surface area contributed by atoms with Crippen molar-refractivity contribution in [3.63, 3.8) is 0 Å². The lowest BCUT2D eigenvalue weighted by atomic mass is 10.1. The minimum atomic E-state index is -3.84. The normalized spacial score (nSPS) is 15.3. The Balaban J connectivity index is 1.11. The van der Waals surface area contributed by atoms with Crippen LogP contribution in [0.25, 0.3) is 10.8 Å². The number of thioether (sulfide) groups is 1. The minimum absolute atomic E-state index is 0.0380. The average molecular weight is 584 g/mol. The fourth-order valence-corrected chi connectivity index (χ4v) is 6.98. The van der Waals surface area contributed by atoms with Gasteiger partial charge in [0.05, 0.1) is 29.1 Å². The zero-order valence-corrected chi connectivity index (χ0v) is 23.3. The van der Waals surface area contributed by atoms with E-state index < -0.39 is 10.0 Å². The molecule has 1 aliphatic heterocycles. The van der Waals surface area contributed by atoms with Crippen molar-refractivity contribution in [2.75, 3.05) is 15.8 Å². The first-order chi connectivity index (χ1) is 19.9. The quantitative estimate of drug-likeness (QED) is 0.223. The Labute approximate surface area is 241 Å². The number of carbonyl (C=O) groups excluding carboxylic acids is 2. The topological polar surface area (TPSA) is 109 Å². The first kappa shape index (κ1) is 26.7. The number of nitrogens with zero attached hydrogens (tertiary/aromatic N) is 1. The molecule has 0 spiro atoms. The molecule has 6 rings (SSSR count). The maximum atomic E-state index is 13.0. The lowest BCUT2D eigenvalue weighted by molar-refractivity contribution is -0.128. The van der Waals surface area contributed by atoms with Crippen molar-refractivity contribution in [1.82, 2.24) is 4.90 Å². The minimum Gasteiger partial charge on any atom is -0.467 e. The Bertz CT molecular complexity index is 1820. The SMILES string of the molecule is O=C(Nc1ccc(S(=O)(=O)Nc2cccc3ccccc23)cc1)c1ccc([C@H]2SCC(=O)N2Cc2ccco2)cc1. The Morgan fingerprint density at radius 1 is 0.902 bits per heavy atom. The van der Waals surface area contributed by atoms with E-state index in [0.717, 1.165) is 16.3 Å². The molecule has 0 unspecified atom stereocenters. The lowest BCUT2D eigenvalue weighted by Crippen LogP contribution is -2.27. The van der Waals surface area contributed by atoms with E-state index in [4.69, 9.17) is 4.42 Å². The second kappa shape index (κ2) is 11.1. The van der Waals surface area contributed by atoms with Crippen LogP contribution in [0, 0.1) is 0 Å². The number of nitrogens with one attached hydrogen (secondary N) is 2. The highest BCUT2D eigenvalue weighted by molar-refractivity contribution is 8.00. The molecule has 0 bridgehead atoms. The van der Waals surface area contributed by atoms with E-state index >= 15 is 0 Å². The summed E-state index contributed by atoms with van der Waals surface area (Å²) in [6.07, 6.45) is 1.58. The molecule has 5 aromatic rings. The van der Waals surface area contributed by atoms with E-state index in [0.29, 0.717) is 35.0 Å². The van der Waals surface area contributed by atoms with Crippen LogP contribution in [0.15, 0.2) is 119 Å². The standard InChI is InChI=1S/C31H25N3O5S2/c35-29-20-40-31(34(29)19-25-7-4-18-39-25)23-12-10-22(11-13-23)30(36)32-24-14-16-26(17-15-24)41(37,38)33-28-9-3-6-21-5-1-2-8-27(21)28/h1-18,31,33H,19-20H2,(H,32,36)/t31-/m1/s1. The Morgan fingerprint density at radius 2 is 1.66 bits per heavy atom. The average Bonchev–Trinajstić information content (AvgIpc) is 3.63. The van der Waals surface area contributed by atoms with Gasteiger partial charge in [0.15, 0.2) is 0 Å². The van der Waals surface area contributed by atoms with E-state index in [-0.39, 0.29) is 22.1 Å². The molecule has 1 aromatic heterocycles. The molecule has 4 aromatic carbocycles. The van der Waals surface area contributed by atoms with Gasteiger partial charge >= 0.3 is 0 Å². The summed E-state index contributed by atoms with van der Waals surface area (Å²) in [4.78, 5) is 27.2.